The summed E-state index contributed by atoms with van der Waals surface area (Å²) in [4.78, 5) is 60.7. The molecule has 1 aromatic heterocycles. The van der Waals surface area contributed by atoms with Crippen molar-refractivity contribution in [1.82, 2.24) is 35.9 Å². The maximum Gasteiger partial charge on any atom is 0.405 e. The maximum absolute atomic E-state index is 14.3. The summed E-state index contributed by atoms with van der Waals surface area (Å²) in [6.07, 6.45) is 1.80. The summed E-state index contributed by atoms with van der Waals surface area (Å²) in [5.41, 5.74) is 4.70. The average molecular weight is 716 g/mol. The molecule has 0 spiro atoms. The number of amides is 5. The van der Waals surface area contributed by atoms with Crippen LogP contribution in [0.1, 0.15) is 57.7 Å². The summed E-state index contributed by atoms with van der Waals surface area (Å²) in [5, 5.41) is 28.3. The largest absolute Gasteiger partial charge is 0.465 e. The minimum Gasteiger partial charge on any atom is -0.465 e. The molecular formula is C39H53N7O6. The number of nitrogens with zero attached hydrogens (tertiary/aromatic N) is 4. The van der Waals surface area contributed by atoms with Crippen molar-refractivity contribution in [2.45, 2.75) is 84.8 Å². The van der Waals surface area contributed by atoms with E-state index in [4.69, 9.17) is 0 Å². The van der Waals surface area contributed by atoms with Crippen LogP contribution in [-0.2, 0) is 29.1 Å². The molecule has 13 nitrogen and oxygen atoms in total. The van der Waals surface area contributed by atoms with Gasteiger partial charge in [0.2, 0.25) is 5.91 Å². The van der Waals surface area contributed by atoms with E-state index >= 15 is 0 Å². The van der Waals surface area contributed by atoms with Gasteiger partial charge in [-0.3, -0.25) is 20.0 Å². The fourth-order valence-corrected chi connectivity index (χ4v) is 6.39. The van der Waals surface area contributed by atoms with Crippen LogP contribution in [0.25, 0.3) is 0 Å². The second-order valence-electron chi connectivity index (χ2n) is 14.6. The van der Waals surface area contributed by atoms with E-state index in [1.165, 1.54) is 0 Å². The van der Waals surface area contributed by atoms with Crippen LogP contribution in [0.15, 0.2) is 85.2 Å². The smallest absolute Gasteiger partial charge is 0.405 e. The number of benzene rings is 2. The van der Waals surface area contributed by atoms with E-state index in [2.05, 4.69) is 21.0 Å². The predicted molar refractivity (Wildman–Crippen MR) is 197 cm³/mol. The summed E-state index contributed by atoms with van der Waals surface area (Å²) >= 11 is 0. The van der Waals surface area contributed by atoms with Gasteiger partial charge in [0.05, 0.1) is 12.1 Å². The third-order valence-corrected chi connectivity index (χ3v) is 9.39. The quantitative estimate of drug-likeness (QED) is 0.131. The van der Waals surface area contributed by atoms with Gasteiger partial charge in [-0.05, 0) is 40.5 Å². The lowest BCUT2D eigenvalue weighted by Gasteiger charge is -2.36. The van der Waals surface area contributed by atoms with Crippen LogP contribution in [0.2, 0.25) is 0 Å². The number of hydrazine groups is 1. The molecule has 5 atom stereocenters. The second-order valence-corrected chi connectivity index (χ2v) is 14.6. The molecule has 0 radical (unpaired) electrons. The summed E-state index contributed by atoms with van der Waals surface area (Å²) < 4.78 is 0. The van der Waals surface area contributed by atoms with E-state index in [-0.39, 0.29) is 37.4 Å². The Morgan fingerprint density at radius 1 is 0.904 bits per heavy atom. The Labute approximate surface area is 306 Å². The van der Waals surface area contributed by atoms with Gasteiger partial charge < -0.3 is 30.6 Å². The molecule has 1 aliphatic heterocycles. The molecule has 3 aromatic rings. The molecule has 0 saturated carbocycles. The van der Waals surface area contributed by atoms with Gasteiger partial charge in [-0.25, -0.2) is 14.6 Å². The lowest BCUT2D eigenvalue weighted by atomic mass is 9.86. The first-order chi connectivity index (χ1) is 24.8. The lowest BCUT2D eigenvalue weighted by Crippen LogP contribution is -2.60. The topological polar surface area (TPSA) is 167 Å². The molecule has 2 heterocycles. The molecule has 0 unspecified atom stereocenters. The van der Waals surface area contributed by atoms with Gasteiger partial charge in [-0.15, -0.1) is 0 Å². The molecule has 1 fully saturated rings. The summed E-state index contributed by atoms with van der Waals surface area (Å²) in [5.74, 6) is -1.13. The second kappa shape index (κ2) is 18.5. The first-order valence-corrected chi connectivity index (χ1v) is 17.8. The summed E-state index contributed by atoms with van der Waals surface area (Å²) in [6.45, 7) is 10.5. The molecule has 0 aliphatic carbocycles. The lowest BCUT2D eigenvalue weighted by molar-refractivity contribution is -0.132. The molecule has 280 valence electrons. The molecular weight excluding hydrogens is 662 g/mol. The highest BCUT2D eigenvalue weighted by Gasteiger charge is 2.41. The van der Waals surface area contributed by atoms with Crippen LogP contribution in [0.5, 0.6) is 0 Å². The number of urea groups is 1. The van der Waals surface area contributed by atoms with E-state index in [1.54, 1.807) is 48.0 Å². The number of carbonyl (C=O) groups excluding carboxylic acids is 3. The van der Waals surface area contributed by atoms with Crippen molar-refractivity contribution >= 4 is 23.9 Å². The van der Waals surface area contributed by atoms with Gasteiger partial charge in [0, 0.05) is 45.1 Å². The van der Waals surface area contributed by atoms with Crippen molar-refractivity contribution in [3.05, 3.63) is 102 Å². The summed E-state index contributed by atoms with van der Waals surface area (Å²) in [6, 6.07) is 19.6. The fourth-order valence-electron chi connectivity index (χ4n) is 6.39. The van der Waals surface area contributed by atoms with Gasteiger partial charge in [0.25, 0.3) is 5.91 Å². The number of aliphatic hydroxyl groups is 1. The van der Waals surface area contributed by atoms with Crippen LogP contribution < -0.4 is 16.1 Å². The Hall–Kier alpha value is -5.01. The predicted octanol–water partition coefficient (Wildman–Crippen LogP) is 4.04. The van der Waals surface area contributed by atoms with Crippen LogP contribution in [0, 0.1) is 11.3 Å². The van der Waals surface area contributed by atoms with Gasteiger partial charge in [0.1, 0.15) is 12.1 Å². The van der Waals surface area contributed by atoms with E-state index < -0.39 is 41.6 Å². The number of carbonyl (C=O) groups is 4. The number of rotatable bonds is 17. The Bertz CT molecular complexity index is 1610. The van der Waals surface area contributed by atoms with E-state index in [1.807, 2.05) is 86.6 Å². The first kappa shape index (κ1) is 39.8. The number of carboxylic acid groups (broad SMARTS) is 1. The standard InChI is InChI=1S/C39H53N7O6/c1-6-27(2)33(46-21-20-44(38(46)52)24-30-18-13-19-40-23-30)35(48)41-31(22-28-14-9-7-10-15-28)32(47)26-45(25-29-16-11-8-12-17-29)43-36(49)34(39(3,4)5)42-37(50)51/h7-19,23,27,31-34,42,47H,6,20-22,24-26H2,1-5H3,(H,41,48)(H,43,49)(H,50,51)/t27-,31-,32-,33-,34+/m0/s1. The van der Waals surface area contributed by atoms with Crippen molar-refractivity contribution in [2.75, 3.05) is 19.6 Å². The minimum absolute atomic E-state index is 0.0993. The fraction of sp³-hybridized carbons (Fsp3) is 0.462. The number of hydrogen-bond acceptors (Lipinski definition) is 7. The monoisotopic (exact) mass is 715 g/mol. The van der Waals surface area contributed by atoms with Gasteiger partial charge in [-0.1, -0.05) is 108 Å². The molecule has 0 bridgehead atoms. The van der Waals surface area contributed by atoms with Gasteiger partial charge in [-0.2, -0.15) is 0 Å². The molecule has 1 aliphatic rings. The molecule has 13 heteroatoms. The Morgan fingerprint density at radius 3 is 2.12 bits per heavy atom. The van der Waals surface area contributed by atoms with E-state index in [0.717, 1.165) is 16.7 Å². The van der Waals surface area contributed by atoms with E-state index in [9.17, 15) is 29.4 Å². The normalized spacial score (nSPS) is 16.2. The average Bonchev–Trinajstić information content (AvgIpc) is 3.45. The zero-order valence-corrected chi connectivity index (χ0v) is 30.7. The van der Waals surface area contributed by atoms with Crippen LogP contribution in [-0.4, -0.2) is 97.8 Å². The van der Waals surface area contributed by atoms with Crippen molar-refractivity contribution in [3.8, 4) is 0 Å². The van der Waals surface area contributed by atoms with Crippen LogP contribution >= 0.6 is 0 Å². The Morgan fingerprint density at radius 2 is 1.54 bits per heavy atom. The van der Waals surface area contributed by atoms with Crippen molar-refractivity contribution in [2.24, 2.45) is 11.3 Å². The Kier molecular flexibility index (Phi) is 14.1. The molecule has 5 amide bonds. The number of pyridine rings is 1. The maximum atomic E-state index is 14.3. The van der Waals surface area contributed by atoms with Crippen molar-refractivity contribution in [1.29, 1.82) is 0 Å². The number of hydrogen-bond donors (Lipinski definition) is 5. The number of aromatic nitrogens is 1. The SMILES string of the molecule is CC[C@H](C)[C@@H](C(=O)N[C@@H](Cc1ccccc1)[C@@H](O)CN(Cc1ccccc1)NC(=O)[C@@H](NC(=O)O)C(C)(C)C)N1CCN(Cc2cccnc2)C1=O. The zero-order chi connectivity index (χ0) is 37.8. The molecule has 5 N–H and O–H groups in total. The molecule has 4 rings (SSSR count). The van der Waals surface area contributed by atoms with Gasteiger partial charge >= 0.3 is 12.1 Å². The third kappa shape index (κ3) is 11.2. The van der Waals surface area contributed by atoms with Crippen LogP contribution in [0.3, 0.4) is 0 Å². The highest BCUT2D eigenvalue weighted by atomic mass is 16.4. The highest BCUT2D eigenvalue weighted by Crippen LogP contribution is 2.24. The van der Waals surface area contributed by atoms with Crippen molar-refractivity contribution < 1.29 is 29.4 Å². The molecule has 2 aromatic carbocycles. The third-order valence-electron chi connectivity index (χ3n) is 9.39. The number of nitrogens with one attached hydrogen (secondary N) is 3. The minimum atomic E-state index is -1.33. The number of aliphatic hydroxyl groups excluding tert-OH is 1. The Balaban J connectivity index is 1.59. The summed E-state index contributed by atoms with van der Waals surface area (Å²) in [7, 11) is 0. The first-order valence-electron chi connectivity index (χ1n) is 17.8. The zero-order valence-electron chi connectivity index (χ0n) is 30.7. The van der Waals surface area contributed by atoms with E-state index in [0.29, 0.717) is 26.1 Å². The van der Waals surface area contributed by atoms with Crippen LogP contribution in [0.4, 0.5) is 9.59 Å². The van der Waals surface area contributed by atoms with Gasteiger partial charge in [0.15, 0.2) is 0 Å². The molecule has 1 saturated heterocycles. The highest BCUT2D eigenvalue weighted by molar-refractivity contribution is 5.88. The van der Waals surface area contributed by atoms with Crippen molar-refractivity contribution in [3.63, 3.8) is 0 Å². The molecule has 52 heavy (non-hydrogen) atoms.